The Labute approximate surface area is 126 Å². The minimum atomic E-state index is -0.853. The van der Waals surface area contributed by atoms with Crippen LogP contribution in [0.1, 0.15) is 6.42 Å². The summed E-state index contributed by atoms with van der Waals surface area (Å²) in [7, 11) is 0. The van der Waals surface area contributed by atoms with Crippen LogP contribution in [0.25, 0.3) is 0 Å². The second kappa shape index (κ2) is 7.38. The maximum Gasteiger partial charge on any atom is 0.407 e. The van der Waals surface area contributed by atoms with E-state index in [1.165, 1.54) is 4.90 Å². The predicted molar refractivity (Wildman–Crippen MR) is 78.9 cm³/mol. The molecule has 1 aliphatic rings. The van der Waals surface area contributed by atoms with E-state index in [1.807, 2.05) is 24.3 Å². The van der Waals surface area contributed by atoms with Gasteiger partial charge in [-0.1, -0.05) is 28.1 Å². The molecule has 0 radical (unpaired) electrons. The molecule has 1 fully saturated rings. The second-order valence-corrected chi connectivity index (χ2v) is 5.47. The fourth-order valence-electron chi connectivity index (χ4n) is 2.19. The first-order valence-corrected chi connectivity index (χ1v) is 7.71. The van der Waals surface area contributed by atoms with Crippen LogP contribution < -0.4 is 9.47 Å². The van der Waals surface area contributed by atoms with Gasteiger partial charge in [0.05, 0.1) is 13.2 Å². The molecule has 6 heteroatoms. The van der Waals surface area contributed by atoms with Crippen molar-refractivity contribution in [3.05, 3.63) is 24.3 Å². The number of hydrogen-bond acceptors (Lipinski definition) is 3. The van der Waals surface area contributed by atoms with Crippen molar-refractivity contribution in [2.45, 2.75) is 6.42 Å². The first kappa shape index (κ1) is 15.0. The average molecular weight is 344 g/mol. The van der Waals surface area contributed by atoms with E-state index in [0.717, 1.165) is 17.5 Å². The Morgan fingerprint density at radius 2 is 2.05 bits per heavy atom. The van der Waals surface area contributed by atoms with Crippen LogP contribution in [0, 0.1) is 5.92 Å². The maximum atomic E-state index is 10.9. The Hall–Kier alpha value is -1.43. The van der Waals surface area contributed by atoms with E-state index in [2.05, 4.69) is 15.9 Å². The lowest BCUT2D eigenvalue weighted by atomic mass is 10.1. The zero-order valence-electron chi connectivity index (χ0n) is 11.1. The number of ether oxygens (including phenoxy) is 2. The van der Waals surface area contributed by atoms with Gasteiger partial charge in [0.25, 0.3) is 0 Å². The van der Waals surface area contributed by atoms with Gasteiger partial charge in [-0.15, -0.1) is 0 Å². The van der Waals surface area contributed by atoms with Crippen LogP contribution in [0.2, 0.25) is 0 Å². The average Bonchev–Trinajstić information content (AvgIpc) is 2.93. The molecular formula is C14H18BrNO4. The van der Waals surface area contributed by atoms with E-state index in [-0.39, 0.29) is 5.92 Å². The van der Waals surface area contributed by atoms with Crippen LogP contribution in [0.4, 0.5) is 4.79 Å². The van der Waals surface area contributed by atoms with Crippen molar-refractivity contribution in [1.29, 1.82) is 0 Å². The number of para-hydroxylation sites is 2. The Morgan fingerprint density at radius 1 is 1.35 bits per heavy atom. The first-order chi connectivity index (χ1) is 9.70. The third-order valence-corrected chi connectivity index (χ3v) is 3.54. The van der Waals surface area contributed by atoms with Crippen LogP contribution >= 0.6 is 15.9 Å². The molecule has 1 N–H and O–H groups in total. The fourth-order valence-corrected chi connectivity index (χ4v) is 2.35. The quantitative estimate of drug-likeness (QED) is 0.807. The van der Waals surface area contributed by atoms with Crippen molar-refractivity contribution in [3.8, 4) is 11.5 Å². The van der Waals surface area contributed by atoms with E-state index in [1.54, 1.807) is 0 Å². The van der Waals surface area contributed by atoms with Gasteiger partial charge < -0.3 is 19.5 Å². The van der Waals surface area contributed by atoms with E-state index >= 15 is 0 Å². The molecular weight excluding hydrogens is 326 g/mol. The van der Waals surface area contributed by atoms with Crippen LogP contribution in [-0.4, -0.2) is 47.7 Å². The number of carbonyl (C=O) groups is 1. The monoisotopic (exact) mass is 343 g/mol. The SMILES string of the molecule is O=C(O)N1CCC(COc2ccccc2OCCBr)C1. The van der Waals surface area contributed by atoms with Crippen molar-refractivity contribution >= 4 is 22.0 Å². The molecule has 0 bridgehead atoms. The van der Waals surface area contributed by atoms with Gasteiger partial charge in [-0.05, 0) is 18.6 Å². The molecule has 0 spiro atoms. The predicted octanol–water partition coefficient (Wildman–Crippen LogP) is 2.84. The van der Waals surface area contributed by atoms with Crippen LogP contribution in [0.3, 0.4) is 0 Å². The van der Waals surface area contributed by atoms with E-state index in [4.69, 9.17) is 14.6 Å². The minimum Gasteiger partial charge on any atom is -0.489 e. The highest BCUT2D eigenvalue weighted by atomic mass is 79.9. The zero-order valence-corrected chi connectivity index (χ0v) is 12.7. The molecule has 2 rings (SSSR count). The molecule has 1 aliphatic heterocycles. The number of likely N-dealkylation sites (tertiary alicyclic amines) is 1. The summed E-state index contributed by atoms with van der Waals surface area (Å²) in [6, 6.07) is 7.54. The lowest BCUT2D eigenvalue weighted by Crippen LogP contribution is -2.27. The first-order valence-electron chi connectivity index (χ1n) is 6.59. The summed E-state index contributed by atoms with van der Waals surface area (Å²) in [6.07, 6.45) is -0.00922. The number of amides is 1. The Balaban J connectivity index is 1.86. The van der Waals surface area contributed by atoms with Crippen molar-refractivity contribution in [2.75, 3.05) is 31.6 Å². The zero-order chi connectivity index (χ0) is 14.4. The normalized spacial score (nSPS) is 18.1. The summed E-state index contributed by atoms with van der Waals surface area (Å²) >= 11 is 3.32. The largest absolute Gasteiger partial charge is 0.489 e. The lowest BCUT2D eigenvalue weighted by Gasteiger charge is -2.15. The molecule has 0 aliphatic carbocycles. The van der Waals surface area contributed by atoms with Gasteiger partial charge in [-0.3, -0.25) is 0 Å². The van der Waals surface area contributed by atoms with Gasteiger partial charge in [0.2, 0.25) is 0 Å². The molecule has 1 amide bonds. The molecule has 1 aromatic rings. The van der Waals surface area contributed by atoms with Crippen LogP contribution in [-0.2, 0) is 0 Å². The van der Waals surface area contributed by atoms with Crippen molar-refractivity contribution in [2.24, 2.45) is 5.92 Å². The minimum absolute atomic E-state index is 0.246. The standard InChI is InChI=1S/C14H18BrNO4/c15-6-8-19-12-3-1-2-4-13(12)20-10-11-5-7-16(9-11)14(17)18/h1-4,11H,5-10H2,(H,17,18). The topological polar surface area (TPSA) is 59.0 Å². The summed E-state index contributed by atoms with van der Waals surface area (Å²) in [6.45, 7) is 2.22. The highest BCUT2D eigenvalue weighted by Gasteiger charge is 2.26. The summed E-state index contributed by atoms with van der Waals surface area (Å²) in [5.41, 5.74) is 0. The maximum absolute atomic E-state index is 10.9. The highest BCUT2D eigenvalue weighted by Crippen LogP contribution is 2.28. The van der Waals surface area contributed by atoms with E-state index in [0.29, 0.717) is 32.1 Å². The van der Waals surface area contributed by atoms with Crippen molar-refractivity contribution in [1.82, 2.24) is 4.90 Å². The third-order valence-electron chi connectivity index (χ3n) is 3.21. The molecule has 0 saturated carbocycles. The molecule has 5 nitrogen and oxygen atoms in total. The molecule has 20 heavy (non-hydrogen) atoms. The van der Waals surface area contributed by atoms with E-state index in [9.17, 15) is 4.79 Å². The molecule has 1 aromatic carbocycles. The highest BCUT2D eigenvalue weighted by molar-refractivity contribution is 9.09. The van der Waals surface area contributed by atoms with Crippen LogP contribution in [0.15, 0.2) is 24.3 Å². The lowest BCUT2D eigenvalue weighted by molar-refractivity contribution is 0.151. The molecule has 1 saturated heterocycles. The number of carboxylic acid groups (broad SMARTS) is 1. The summed E-state index contributed by atoms with van der Waals surface area (Å²) < 4.78 is 11.4. The molecule has 0 aromatic heterocycles. The molecule has 110 valence electrons. The Kier molecular flexibility index (Phi) is 5.52. The third kappa shape index (κ3) is 4.03. The van der Waals surface area contributed by atoms with E-state index < -0.39 is 6.09 Å². The van der Waals surface area contributed by atoms with Crippen molar-refractivity contribution in [3.63, 3.8) is 0 Å². The number of nitrogens with zero attached hydrogens (tertiary/aromatic N) is 1. The summed E-state index contributed by atoms with van der Waals surface area (Å²) in [5.74, 6) is 1.68. The van der Waals surface area contributed by atoms with Gasteiger partial charge in [0.1, 0.15) is 0 Å². The number of hydrogen-bond donors (Lipinski definition) is 1. The van der Waals surface area contributed by atoms with Gasteiger partial charge in [-0.25, -0.2) is 4.79 Å². The summed E-state index contributed by atoms with van der Waals surface area (Å²) in [5, 5.41) is 9.68. The smallest absolute Gasteiger partial charge is 0.407 e. The Morgan fingerprint density at radius 3 is 2.65 bits per heavy atom. The van der Waals surface area contributed by atoms with Gasteiger partial charge in [0, 0.05) is 24.3 Å². The van der Waals surface area contributed by atoms with Crippen LogP contribution in [0.5, 0.6) is 11.5 Å². The molecule has 1 atom stereocenters. The van der Waals surface area contributed by atoms with Gasteiger partial charge in [0.15, 0.2) is 11.5 Å². The summed E-state index contributed by atoms with van der Waals surface area (Å²) in [4.78, 5) is 12.3. The fraction of sp³-hybridized carbons (Fsp3) is 0.500. The van der Waals surface area contributed by atoms with Gasteiger partial charge in [-0.2, -0.15) is 0 Å². The molecule has 1 unspecified atom stereocenters. The van der Waals surface area contributed by atoms with Gasteiger partial charge >= 0.3 is 6.09 Å². The number of alkyl halides is 1. The van der Waals surface area contributed by atoms with Crippen molar-refractivity contribution < 1.29 is 19.4 Å². The number of rotatable bonds is 6. The Bertz CT molecular complexity index is 455. The number of halogens is 1. The second-order valence-electron chi connectivity index (χ2n) is 4.68. The number of benzene rings is 1. The molecule has 1 heterocycles.